The number of nitrogens with one attached hydrogen (secondary N) is 1. The number of imidazole rings is 1. The van der Waals surface area contributed by atoms with Gasteiger partial charge >= 0.3 is 0 Å². The van der Waals surface area contributed by atoms with E-state index in [0.29, 0.717) is 0 Å². The van der Waals surface area contributed by atoms with Crippen LogP contribution in [0.4, 0.5) is 5.69 Å². The minimum atomic E-state index is 0.920. The molecule has 21 heavy (non-hydrogen) atoms. The first kappa shape index (κ1) is 14.1. The molecule has 2 heterocycles. The summed E-state index contributed by atoms with van der Waals surface area (Å²) in [6.45, 7) is 3.92. The second-order valence-corrected chi connectivity index (χ2v) is 5.97. The fourth-order valence-electron chi connectivity index (χ4n) is 2.38. The maximum atomic E-state index is 4.57. The molecule has 3 rings (SSSR count). The molecule has 0 aliphatic rings. The van der Waals surface area contributed by atoms with Crippen molar-refractivity contribution in [2.24, 2.45) is 0 Å². The number of nitrogens with zero attached hydrogens (tertiary/aromatic N) is 3. The van der Waals surface area contributed by atoms with E-state index in [-0.39, 0.29) is 0 Å². The van der Waals surface area contributed by atoms with Crippen LogP contribution in [-0.2, 0) is 6.54 Å². The van der Waals surface area contributed by atoms with E-state index in [1.807, 2.05) is 37.8 Å². The highest BCUT2D eigenvalue weighted by Gasteiger charge is 2.04. The first-order chi connectivity index (χ1) is 10.2. The number of hydrogen-bond donors (Lipinski definition) is 1. The first-order valence-corrected chi connectivity index (χ1v) is 7.78. The molecule has 1 aromatic carbocycles. The van der Waals surface area contributed by atoms with Crippen LogP contribution in [0, 0.1) is 6.92 Å². The summed E-state index contributed by atoms with van der Waals surface area (Å²) in [6, 6.07) is 8.28. The quantitative estimate of drug-likeness (QED) is 0.711. The number of halogens is 1. The van der Waals surface area contributed by atoms with Gasteiger partial charge in [0.25, 0.3) is 0 Å². The smallest absolute Gasteiger partial charge is 0.0945 e. The number of aromatic nitrogens is 3. The standard InChI is InChI=1S/C16H17BrN4/c1-12-9-16(14-10-13(17)3-4-15(14)20-12)19-5-2-7-21-8-6-18-11-21/h3-4,6,8-11H,2,5,7H2,1H3,(H,19,20). The minimum Gasteiger partial charge on any atom is -0.384 e. The number of pyridine rings is 1. The molecule has 0 spiro atoms. The van der Waals surface area contributed by atoms with Gasteiger partial charge in [-0.05, 0) is 37.6 Å². The number of anilines is 1. The Morgan fingerprint density at radius 3 is 3.00 bits per heavy atom. The zero-order chi connectivity index (χ0) is 14.7. The zero-order valence-corrected chi connectivity index (χ0v) is 13.5. The van der Waals surface area contributed by atoms with Gasteiger partial charge in [0.1, 0.15) is 0 Å². The Labute approximate surface area is 132 Å². The molecule has 0 fully saturated rings. The normalized spacial score (nSPS) is 11.0. The molecule has 4 nitrogen and oxygen atoms in total. The van der Waals surface area contributed by atoms with Crippen LogP contribution >= 0.6 is 15.9 Å². The Hall–Kier alpha value is -1.88. The van der Waals surface area contributed by atoms with Gasteiger partial charge in [-0.15, -0.1) is 0 Å². The lowest BCUT2D eigenvalue weighted by atomic mass is 10.1. The van der Waals surface area contributed by atoms with Gasteiger partial charge in [-0.3, -0.25) is 4.98 Å². The lowest BCUT2D eigenvalue weighted by molar-refractivity contribution is 0.661. The van der Waals surface area contributed by atoms with Crippen LogP contribution in [0.2, 0.25) is 0 Å². The van der Waals surface area contributed by atoms with Crippen molar-refractivity contribution in [2.75, 3.05) is 11.9 Å². The summed E-state index contributed by atoms with van der Waals surface area (Å²) in [4.78, 5) is 8.62. The van der Waals surface area contributed by atoms with Crippen molar-refractivity contribution in [1.82, 2.24) is 14.5 Å². The predicted octanol–water partition coefficient (Wildman–Crippen LogP) is 4.00. The van der Waals surface area contributed by atoms with Crippen molar-refractivity contribution < 1.29 is 0 Å². The third kappa shape index (κ3) is 3.42. The number of fused-ring (bicyclic) bond motifs is 1. The maximum absolute atomic E-state index is 4.57. The summed E-state index contributed by atoms with van der Waals surface area (Å²) < 4.78 is 3.16. The number of rotatable bonds is 5. The van der Waals surface area contributed by atoms with E-state index in [9.17, 15) is 0 Å². The molecule has 3 aromatic rings. The number of hydrogen-bond acceptors (Lipinski definition) is 3. The van der Waals surface area contributed by atoms with Crippen molar-refractivity contribution >= 4 is 32.5 Å². The Kier molecular flexibility index (Phi) is 4.20. The maximum Gasteiger partial charge on any atom is 0.0945 e. The summed E-state index contributed by atoms with van der Waals surface area (Å²) in [5, 5.41) is 4.67. The lowest BCUT2D eigenvalue weighted by Gasteiger charge is -2.11. The van der Waals surface area contributed by atoms with Crippen molar-refractivity contribution in [2.45, 2.75) is 19.9 Å². The minimum absolute atomic E-state index is 0.920. The van der Waals surface area contributed by atoms with Gasteiger partial charge in [0.2, 0.25) is 0 Å². The van der Waals surface area contributed by atoms with Crippen LogP contribution in [0.5, 0.6) is 0 Å². The second-order valence-electron chi connectivity index (χ2n) is 5.05. The Morgan fingerprint density at radius 1 is 1.29 bits per heavy atom. The largest absolute Gasteiger partial charge is 0.384 e. The average molecular weight is 345 g/mol. The second kappa shape index (κ2) is 6.26. The predicted molar refractivity (Wildman–Crippen MR) is 89.5 cm³/mol. The zero-order valence-electron chi connectivity index (χ0n) is 11.9. The molecule has 0 aliphatic carbocycles. The Bertz CT molecular complexity index is 737. The highest BCUT2D eigenvalue weighted by Crippen LogP contribution is 2.26. The number of aryl methyl sites for hydroxylation is 2. The molecule has 0 aliphatic heterocycles. The van der Waals surface area contributed by atoms with E-state index < -0.39 is 0 Å². The summed E-state index contributed by atoms with van der Waals surface area (Å²) in [7, 11) is 0. The lowest BCUT2D eigenvalue weighted by Crippen LogP contribution is -2.06. The molecular weight excluding hydrogens is 328 g/mol. The molecular formula is C16H17BrN4. The Morgan fingerprint density at radius 2 is 2.19 bits per heavy atom. The molecule has 0 saturated carbocycles. The third-order valence-corrected chi connectivity index (χ3v) is 3.86. The first-order valence-electron chi connectivity index (χ1n) is 6.99. The van der Waals surface area contributed by atoms with E-state index in [1.165, 1.54) is 0 Å². The summed E-state index contributed by atoms with van der Waals surface area (Å²) in [5.41, 5.74) is 3.20. The summed E-state index contributed by atoms with van der Waals surface area (Å²) in [6.07, 6.45) is 6.70. The van der Waals surface area contributed by atoms with Gasteiger partial charge in [-0.2, -0.15) is 0 Å². The van der Waals surface area contributed by atoms with Gasteiger partial charge in [-0.1, -0.05) is 15.9 Å². The van der Waals surface area contributed by atoms with Gasteiger partial charge in [0.15, 0.2) is 0 Å². The van der Waals surface area contributed by atoms with E-state index in [4.69, 9.17) is 0 Å². The molecule has 0 radical (unpaired) electrons. The van der Waals surface area contributed by atoms with Crippen molar-refractivity contribution in [3.63, 3.8) is 0 Å². The molecule has 2 aromatic heterocycles. The molecule has 1 N–H and O–H groups in total. The molecule has 0 saturated heterocycles. The van der Waals surface area contributed by atoms with Crippen molar-refractivity contribution in [3.05, 3.63) is 53.2 Å². The van der Waals surface area contributed by atoms with Gasteiger partial charge in [0.05, 0.1) is 11.8 Å². The SMILES string of the molecule is Cc1cc(NCCCn2ccnc2)c2cc(Br)ccc2n1. The van der Waals surface area contributed by atoms with Gasteiger partial charge < -0.3 is 9.88 Å². The van der Waals surface area contributed by atoms with E-state index in [1.54, 1.807) is 0 Å². The van der Waals surface area contributed by atoms with Crippen LogP contribution < -0.4 is 5.32 Å². The molecule has 0 amide bonds. The molecule has 5 heteroatoms. The van der Waals surface area contributed by atoms with E-state index in [0.717, 1.165) is 46.3 Å². The fourth-order valence-corrected chi connectivity index (χ4v) is 2.74. The monoisotopic (exact) mass is 344 g/mol. The average Bonchev–Trinajstić information content (AvgIpc) is 2.97. The highest BCUT2D eigenvalue weighted by atomic mass is 79.9. The molecule has 0 atom stereocenters. The van der Waals surface area contributed by atoms with Crippen molar-refractivity contribution in [1.29, 1.82) is 0 Å². The number of benzene rings is 1. The highest BCUT2D eigenvalue weighted by molar-refractivity contribution is 9.10. The topological polar surface area (TPSA) is 42.7 Å². The van der Waals surface area contributed by atoms with Crippen LogP contribution in [0.15, 0.2) is 47.5 Å². The molecule has 108 valence electrons. The van der Waals surface area contributed by atoms with E-state index >= 15 is 0 Å². The van der Waals surface area contributed by atoms with Crippen molar-refractivity contribution in [3.8, 4) is 0 Å². The summed E-state index contributed by atoms with van der Waals surface area (Å²) in [5.74, 6) is 0. The molecule has 0 bridgehead atoms. The Balaban J connectivity index is 1.72. The molecule has 0 unspecified atom stereocenters. The van der Waals surface area contributed by atoms with Crippen LogP contribution in [0.3, 0.4) is 0 Å². The van der Waals surface area contributed by atoms with Gasteiger partial charge in [-0.25, -0.2) is 4.98 Å². The van der Waals surface area contributed by atoms with Crippen LogP contribution in [0.25, 0.3) is 10.9 Å². The van der Waals surface area contributed by atoms with Crippen LogP contribution in [-0.4, -0.2) is 21.1 Å². The van der Waals surface area contributed by atoms with E-state index in [2.05, 4.69) is 47.9 Å². The third-order valence-electron chi connectivity index (χ3n) is 3.37. The summed E-state index contributed by atoms with van der Waals surface area (Å²) >= 11 is 3.53. The fraction of sp³-hybridized carbons (Fsp3) is 0.250. The van der Waals surface area contributed by atoms with Gasteiger partial charge in [0, 0.05) is 46.7 Å². The van der Waals surface area contributed by atoms with Crippen LogP contribution in [0.1, 0.15) is 12.1 Å².